The van der Waals surface area contributed by atoms with E-state index in [-0.39, 0.29) is 10.1 Å². The van der Waals surface area contributed by atoms with E-state index >= 15 is 0 Å². The molecule has 302 valence electrons. The zero-order valence-electron chi connectivity index (χ0n) is 35.5. The first-order valence-corrected chi connectivity index (χ1v) is 25.3. The van der Waals surface area contributed by atoms with Crippen LogP contribution < -0.4 is 30.4 Å². The topological polar surface area (TPSA) is 30.9 Å². The summed E-state index contributed by atoms with van der Waals surface area (Å²) < 4.78 is 21.1. The van der Waals surface area contributed by atoms with Gasteiger partial charge < -0.3 is 18.5 Å². The third kappa shape index (κ3) is 9.84. The summed E-state index contributed by atoms with van der Waals surface area (Å²) in [4.78, 5) is 3.50. The summed E-state index contributed by atoms with van der Waals surface area (Å²) in [7, 11) is -3.06. The lowest BCUT2D eigenvalue weighted by Crippen LogP contribution is -2.67. The average Bonchev–Trinajstić information content (AvgIpc) is 3.76. The standard InChI is InChI=1S/C51H61NO3SSi2/c1-50(2,3)57(45-24-12-8-13-25-45,46-26-14-9-15-27-46)54-38-21-20-37-53-49-41-43(34-32-42(49)33-35-44-23-22-40-56-44)52(7)36-39-55-58(51(4,5)6,47-28-16-10-17-29-47)48-30-18-11-19-31-48/h8-19,22-35,40-41H,20-21,36-39H2,1-7H3/b35-33+. The van der Waals surface area contributed by atoms with Gasteiger partial charge in [0, 0.05) is 42.4 Å². The molecular weight excluding hydrogens is 763 g/mol. The van der Waals surface area contributed by atoms with Crippen LogP contribution in [0, 0.1) is 0 Å². The number of unbranched alkanes of at least 4 members (excludes halogenated alkanes) is 1. The van der Waals surface area contributed by atoms with Gasteiger partial charge in [0.05, 0.1) is 13.2 Å². The second kappa shape index (κ2) is 19.5. The monoisotopic (exact) mass is 823 g/mol. The highest BCUT2D eigenvalue weighted by Gasteiger charge is 2.51. The highest BCUT2D eigenvalue weighted by molar-refractivity contribution is 7.10. The fourth-order valence-electron chi connectivity index (χ4n) is 8.18. The van der Waals surface area contributed by atoms with Gasteiger partial charge in [-0.05, 0) is 79.4 Å². The van der Waals surface area contributed by atoms with E-state index in [2.05, 4.69) is 223 Å². The number of anilines is 1. The Hall–Kier alpha value is -4.51. The molecule has 0 saturated carbocycles. The molecule has 0 aliphatic carbocycles. The van der Waals surface area contributed by atoms with Gasteiger partial charge in [0.15, 0.2) is 0 Å². The largest absolute Gasteiger partial charge is 0.493 e. The molecule has 0 fully saturated rings. The van der Waals surface area contributed by atoms with Crippen LogP contribution in [-0.4, -0.2) is 50.0 Å². The van der Waals surface area contributed by atoms with Crippen molar-refractivity contribution < 1.29 is 13.6 Å². The van der Waals surface area contributed by atoms with Crippen LogP contribution in [0.25, 0.3) is 12.2 Å². The summed E-state index contributed by atoms with van der Waals surface area (Å²) in [6.07, 6.45) is 6.14. The molecule has 0 saturated heterocycles. The maximum Gasteiger partial charge on any atom is 0.261 e. The molecule has 6 rings (SSSR count). The smallest absolute Gasteiger partial charge is 0.261 e. The molecule has 6 aromatic rings. The predicted octanol–water partition coefficient (Wildman–Crippen LogP) is 10.7. The molecule has 1 heterocycles. The molecule has 0 spiro atoms. The van der Waals surface area contributed by atoms with Gasteiger partial charge in [-0.3, -0.25) is 0 Å². The van der Waals surface area contributed by atoms with Gasteiger partial charge in [0.25, 0.3) is 16.6 Å². The van der Waals surface area contributed by atoms with Crippen molar-refractivity contribution >= 4 is 66.6 Å². The Kier molecular flexibility index (Phi) is 14.5. The number of nitrogens with zero attached hydrogens (tertiary/aromatic N) is 1. The van der Waals surface area contributed by atoms with Crippen molar-refractivity contribution in [3.63, 3.8) is 0 Å². The Labute approximate surface area is 354 Å². The van der Waals surface area contributed by atoms with Gasteiger partial charge in [-0.15, -0.1) is 11.3 Å². The summed E-state index contributed by atoms with van der Waals surface area (Å²) in [5.74, 6) is 0.887. The van der Waals surface area contributed by atoms with Crippen molar-refractivity contribution in [3.8, 4) is 5.75 Å². The Bertz CT molecular complexity index is 2070. The van der Waals surface area contributed by atoms with Gasteiger partial charge in [-0.1, -0.05) is 169 Å². The van der Waals surface area contributed by atoms with Crippen LogP contribution in [0.4, 0.5) is 5.69 Å². The zero-order chi connectivity index (χ0) is 41.1. The fourth-order valence-corrected chi connectivity index (χ4v) is 18.0. The third-order valence-corrected chi connectivity index (χ3v) is 22.0. The van der Waals surface area contributed by atoms with Crippen LogP contribution in [0.2, 0.25) is 10.1 Å². The average molecular weight is 824 g/mol. The lowest BCUT2D eigenvalue weighted by atomic mass is 10.1. The first kappa shape index (κ1) is 43.1. The van der Waals surface area contributed by atoms with Crippen molar-refractivity contribution in [1.82, 2.24) is 0 Å². The van der Waals surface area contributed by atoms with E-state index in [9.17, 15) is 0 Å². The van der Waals surface area contributed by atoms with E-state index in [4.69, 9.17) is 13.6 Å². The number of hydrogen-bond acceptors (Lipinski definition) is 5. The second-order valence-corrected chi connectivity index (χ2v) is 26.7. The van der Waals surface area contributed by atoms with Crippen molar-refractivity contribution in [2.75, 3.05) is 38.3 Å². The summed E-state index contributed by atoms with van der Waals surface area (Å²) in [6, 6.07) is 54.3. The highest BCUT2D eigenvalue weighted by atomic mass is 32.1. The van der Waals surface area contributed by atoms with Crippen LogP contribution in [0.15, 0.2) is 157 Å². The molecular formula is C51H61NO3SSi2. The summed E-state index contributed by atoms with van der Waals surface area (Å²) in [5.41, 5.74) is 2.17. The number of likely N-dealkylation sites (N-methyl/N-ethyl adjacent to an activating group) is 1. The number of hydrogen-bond donors (Lipinski definition) is 0. The second-order valence-electron chi connectivity index (χ2n) is 17.1. The van der Waals surface area contributed by atoms with E-state index < -0.39 is 16.6 Å². The number of thiophene rings is 1. The first-order chi connectivity index (χ1) is 28.0. The van der Waals surface area contributed by atoms with Gasteiger partial charge in [-0.2, -0.15) is 0 Å². The van der Waals surface area contributed by atoms with Crippen molar-refractivity contribution in [3.05, 3.63) is 167 Å². The van der Waals surface area contributed by atoms with Gasteiger partial charge >= 0.3 is 0 Å². The minimum atomic E-state index is -2.63. The Balaban J connectivity index is 1.16. The molecule has 0 amide bonds. The lowest BCUT2D eigenvalue weighted by Gasteiger charge is -2.43. The van der Waals surface area contributed by atoms with Crippen LogP contribution in [0.1, 0.15) is 64.8 Å². The van der Waals surface area contributed by atoms with Crippen molar-refractivity contribution in [2.24, 2.45) is 0 Å². The molecule has 7 heteroatoms. The van der Waals surface area contributed by atoms with E-state index in [1.165, 1.54) is 25.6 Å². The molecule has 0 unspecified atom stereocenters. The predicted molar refractivity (Wildman–Crippen MR) is 255 cm³/mol. The van der Waals surface area contributed by atoms with Crippen LogP contribution in [0.3, 0.4) is 0 Å². The van der Waals surface area contributed by atoms with E-state index in [1.807, 2.05) is 0 Å². The van der Waals surface area contributed by atoms with E-state index in [0.717, 1.165) is 36.4 Å². The highest BCUT2D eigenvalue weighted by Crippen LogP contribution is 2.38. The molecule has 0 N–H and O–H groups in total. The van der Waals surface area contributed by atoms with Crippen molar-refractivity contribution in [2.45, 2.75) is 64.5 Å². The maximum atomic E-state index is 7.24. The van der Waals surface area contributed by atoms with Crippen LogP contribution in [0.5, 0.6) is 5.75 Å². The molecule has 4 nitrogen and oxygen atoms in total. The first-order valence-electron chi connectivity index (χ1n) is 20.7. The summed E-state index contributed by atoms with van der Waals surface area (Å²) in [6.45, 7) is 16.6. The van der Waals surface area contributed by atoms with Gasteiger partial charge in [0.2, 0.25) is 0 Å². The SMILES string of the molecule is CN(CCO[Si](c1ccccc1)(c1ccccc1)C(C)(C)C)c1ccc(/C=C/c2cccs2)c(OCCCCO[Si](c2ccccc2)(c2ccccc2)C(C)(C)C)c1. The van der Waals surface area contributed by atoms with Crippen LogP contribution in [-0.2, 0) is 8.85 Å². The van der Waals surface area contributed by atoms with E-state index in [1.54, 1.807) is 11.3 Å². The Morgan fingerprint density at radius 1 is 0.534 bits per heavy atom. The van der Waals surface area contributed by atoms with Gasteiger partial charge in [0.1, 0.15) is 5.75 Å². The van der Waals surface area contributed by atoms with Crippen molar-refractivity contribution in [1.29, 1.82) is 0 Å². The normalized spacial score (nSPS) is 12.5. The Morgan fingerprint density at radius 3 is 1.45 bits per heavy atom. The molecule has 58 heavy (non-hydrogen) atoms. The fraction of sp³-hybridized carbons (Fsp3) is 0.294. The molecule has 0 aliphatic heterocycles. The molecule has 0 bridgehead atoms. The summed E-state index contributed by atoms with van der Waals surface area (Å²) >= 11 is 1.74. The zero-order valence-corrected chi connectivity index (χ0v) is 38.3. The lowest BCUT2D eigenvalue weighted by molar-refractivity contribution is 0.257. The number of ether oxygens (including phenoxy) is 1. The van der Waals surface area contributed by atoms with Gasteiger partial charge in [-0.25, -0.2) is 0 Å². The minimum Gasteiger partial charge on any atom is -0.493 e. The molecule has 0 atom stereocenters. The number of benzene rings is 5. The quantitative estimate of drug-likeness (QED) is 0.0638. The van der Waals surface area contributed by atoms with E-state index in [0.29, 0.717) is 19.8 Å². The molecule has 0 radical (unpaired) electrons. The minimum absolute atomic E-state index is 0.0486. The molecule has 0 aliphatic rings. The summed E-state index contributed by atoms with van der Waals surface area (Å²) in [5, 5.41) is 7.20. The third-order valence-electron chi connectivity index (χ3n) is 11.1. The molecule has 1 aromatic heterocycles. The molecule has 5 aromatic carbocycles. The Morgan fingerprint density at radius 2 is 1.00 bits per heavy atom. The number of rotatable bonds is 18. The van der Waals surface area contributed by atoms with Crippen LogP contribution >= 0.6 is 11.3 Å². The maximum absolute atomic E-state index is 7.24.